The highest BCUT2D eigenvalue weighted by molar-refractivity contribution is 6.30. The van der Waals surface area contributed by atoms with E-state index in [1.165, 1.54) is 5.56 Å². The van der Waals surface area contributed by atoms with E-state index in [0.717, 1.165) is 24.8 Å². The second-order valence-corrected chi connectivity index (χ2v) is 9.08. The van der Waals surface area contributed by atoms with E-state index in [1.807, 2.05) is 59.5 Å². The molecule has 9 heteroatoms. The number of nitrogens with one attached hydrogen (secondary N) is 1. The van der Waals surface area contributed by atoms with Crippen LogP contribution < -0.4 is 5.56 Å². The Morgan fingerprint density at radius 3 is 2.59 bits per heavy atom. The molecule has 174 valence electrons. The molecule has 0 saturated carbocycles. The van der Waals surface area contributed by atoms with Crippen molar-refractivity contribution in [2.45, 2.75) is 38.1 Å². The summed E-state index contributed by atoms with van der Waals surface area (Å²) in [7, 11) is 0. The molecule has 2 aromatic heterocycles. The van der Waals surface area contributed by atoms with E-state index in [9.17, 15) is 9.59 Å². The maximum absolute atomic E-state index is 12.7. The van der Waals surface area contributed by atoms with Crippen molar-refractivity contribution in [1.29, 1.82) is 0 Å². The van der Waals surface area contributed by atoms with E-state index >= 15 is 0 Å². The smallest absolute Gasteiger partial charge is 0.281 e. The van der Waals surface area contributed by atoms with Gasteiger partial charge in [-0.2, -0.15) is 0 Å². The SMILES string of the molecule is O=C(CCc1ccccc1)N1CCC(c2nc3c(nnn3Cc3cccc(Cl)c3)c(=O)[nH]2)CC1. The second-order valence-electron chi connectivity index (χ2n) is 8.64. The largest absolute Gasteiger partial charge is 0.343 e. The predicted octanol–water partition coefficient (Wildman–Crippen LogP) is 3.56. The lowest BCUT2D eigenvalue weighted by Gasteiger charge is -2.31. The van der Waals surface area contributed by atoms with Gasteiger partial charge >= 0.3 is 0 Å². The number of halogens is 1. The van der Waals surface area contributed by atoms with Crippen LogP contribution in [0.25, 0.3) is 11.2 Å². The molecule has 0 spiro atoms. The third-order valence-electron chi connectivity index (χ3n) is 6.32. The second kappa shape index (κ2) is 9.77. The minimum atomic E-state index is -0.293. The Balaban J connectivity index is 1.26. The fourth-order valence-corrected chi connectivity index (χ4v) is 4.66. The minimum absolute atomic E-state index is 0.0739. The number of rotatable bonds is 6. The number of fused-ring (bicyclic) bond motifs is 1. The zero-order valence-corrected chi connectivity index (χ0v) is 19.4. The van der Waals surface area contributed by atoms with E-state index in [2.05, 4.69) is 15.3 Å². The monoisotopic (exact) mass is 476 g/mol. The van der Waals surface area contributed by atoms with Gasteiger partial charge in [0.05, 0.1) is 6.54 Å². The Hall–Kier alpha value is -3.52. The summed E-state index contributed by atoms with van der Waals surface area (Å²) in [4.78, 5) is 34.9. The van der Waals surface area contributed by atoms with Crippen molar-refractivity contribution in [2.24, 2.45) is 0 Å². The number of piperidine rings is 1. The average molecular weight is 477 g/mol. The first-order valence-electron chi connectivity index (χ1n) is 11.5. The third-order valence-corrected chi connectivity index (χ3v) is 6.55. The molecule has 0 radical (unpaired) electrons. The molecule has 34 heavy (non-hydrogen) atoms. The lowest BCUT2D eigenvalue weighted by atomic mass is 9.95. The van der Waals surface area contributed by atoms with Crippen molar-refractivity contribution in [3.8, 4) is 0 Å². The Labute approximate surface area is 201 Å². The fraction of sp³-hybridized carbons (Fsp3) is 0.320. The molecule has 4 aromatic rings. The van der Waals surface area contributed by atoms with Crippen LogP contribution in [0.3, 0.4) is 0 Å². The van der Waals surface area contributed by atoms with E-state index in [1.54, 1.807) is 4.68 Å². The fourth-order valence-electron chi connectivity index (χ4n) is 4.45. The first-order valence-corrected chi connectivity index (χ1v) is 11.8. The number of aryl methyl sites for hydroxylation is 1. The van der Waals surface area contributed by atoms with Crippen molar-refractivity contribution in [1.82, 2.24) is 29.9 Å². The number of nitrogens with zero attached hydrogens (tertiary/aromatic N) is 5. The normalized spacial score (nSPS) is 14.6. The topological polar surface area (TPSA) is 96.8 Å². The van der Waals surface area contributed by atoms with Gasteiger partial charge in [-0.25, -0.2) is 9.67 Å². The zero-order chi connectivity index (χ0) is 23.5. The number of aromatic amines is 1. The van der Waals surface area contributed by atoms with Crippen LogP contribution in [-0.2, 0) is 17.8 Å². The van der Waals surface area contributed by atoms with Crippen LogP contribution >= 0.6 is 11.6 Å². The van der Waals surface area contributed by atoms with Crippen molar-refractivity contribution in [3.63, 3.8) is 0 Å². The van der Waals surface area contributed by atoms with Crippen molar-refractivity contribution in [2.75, 3.05) is 13.1 Å². The van der Waals surface area contributed by atoms with Crippen molar-refractivity contribution >= 4 is 28.7 Å². The highest BCUT2D eigenvalue weighted by Gasteiger charge is 2.26. The summed E-state index contributed by atoms with van der Waals surface area (Å²) in [5, 5.41) is 8.80. The molecule has 2 aromatic carbocycles. The summed E-state index contributed by atoms with van der Waals surface area (Å²) in [6, 6.07) is 17.5. The number of carbonyl (C=O) groups excluding carboxylic acids is 1. The van der Waals surface area contributed by atoms with E-state index in [4.69, 9.17) is 16.6 Å². The Bertz CT molecular complexity index is 1360. The molecule has 1 aliphatic heterocycles. The van der Waals surface area contributed by atoms with Crippen LogP contribution in [0.5, 0.6) is 0 Å². The van der Waals surface area contributed by atoms with E-state index < -0.39 is 0 Å². The number of H-pyrrole nitrogens is 1. The highest BCUT2D eigenvalue weighted by Crippen LogP contribution is 2.26. The van der Waals surface area contributed by atoms with Crippen molar-refractivity contribution < 1.29 is 4.79 Å². The molecule has 3 heterocycles. The average Bonchev–Trinajstić information content (AvgIpc) is 3.26. The van der Waals surface area contributed by atoms with Crippen LogP contribution in [0, 0.1) is 0 Å². The molecule has 5 rings (SSSR count). The number of likely N-dealkylation sites (tertiary alicyclic amines) is 1. The first-order chi connectivity index (χ1) is 16.6. The van der Waals surface area contributed by atoms with Crippen LogP contribution in [0.15, 0.2) is 59.4 Å². The molecular formula is C25H25ClN6O2. The van der Waals surface area contributed by atoms with Crippen LogP contribution in [0.1, 0.15) is 42.1 Å². The summed E-state index contributed by atoms with van der Waals surface area (Å²) < 4.78 is 1.63. The molecule has 1 N–H and O–H groups in total. The van der Waals surface area contributed by atoms with Gasteiger partial charge in [0.15, 0.2) is 11.2 Å². The number of amides is 1. The minimum Gasteiger partial charge on any atom is -0.343 e. The van der Waals surface area contributed by atoms with Gasteiger partial charge in [0.1, 0.15) is 5.82 Å². The number of hydrogen-bond acceptors (Lipinski definition) is 5. The van der Waals surface area contributed by atoms with Gasteiger partial charge < -0.3 is 9.88 Å². The number of benzene rings is 2. The van der Waals surface area contributed by atoms with Gasteiger partial charge in [0, 0.05) is 30.5 Å². The van der Waals surface area contributed by atoms with E-state index in [0.29, 0.717) is 42.5 Å². The highest BCUT2D eigenvalue weighted by atomic mass is 35.5. The molecule has 1 aliphatic rings. The Kier molecular flexibility index (Phi) is 6.40. The maximum atomic E-state index is 12.7. The lowest BCUT2D eigenvalue weighted by molar-refractivity contribution is -0.132. The summed E-state index contributed by atoms with van der Waals surface area (Å²) in [6.45, 7) is 1.72. The van der Waals surface area contributed by atoms with Gasteiger partial charge in [-0.1, -0.05) is 59.3 Å². The quantitative estimate of drug-likeness (QED) is 0.459. The van der Waals surface area contributed by atoms with Gasteiger partial charge in [-0.3, -0.25) is 9.59 Å². The molecule has 8 nitrogen and oxygen atoms in total. The Morgan fingerprint density at radius 2 is 1.82 bits per heavy atom. The maximum Gasteiger partial charge on any atom is 0.281 e. The van der Waals surface area contributed by atoms with Gasteiger partial charge in [-0.15, -0.1) is 5.10 Å². The number of carbonyl (C=O) groups is 1. The molecule has 1 saturated heterocycles. The standard InChI is InChI=1S/C25H25ClN6O2/c26-20-8-4-7-18(15-20)16-32-24-22(29-30-32)25(34)28-23(27-24)19-11-13-31(14-12-19)21(33)10-9-17-5-2-1-3-6-17/h1-8,15,19H,9-14,16H2,(H,27,28,34). The van der Waals surface area contributed by atoms with E-state index in [-0.39, 0.29) is 22.9 Å². The summed E-state index contributed by atoms with van der Waals surface area (Å²) in [5.74, 6) is 0.872. The predicted molar refractivity (Wildman–Crippen MR) is 130 cm³/mol. The molecular weight excluding hydrogens is 452 g/mol. The lowest BCUT2D eigenvalue weighted by Crippen LogP contribution is -2.38. The Morgan fingerprint density at radius 1 is 1.06 bits per heavy atom. The molecule has 0 aliphatic carbocycles. The van der Waals surface area contributed by atoms with Gasteiger partial charge in [0.25, 0.3) is 5.56 Å². The van der Waals surface area contributed by atoms with Crippen LogP contribution in [0.2, 0.25) is 5.02 Å². The molecule has 1 fully saturated rings. The molecule has 1 amide bonds. The summed E-state index contributed by atoms with van der Waals surface area (Å²) >= 11 is 6.10. The molecule has 0 bridgehead atoms. The number of aromatic nitrogens is 5. The number of hydrogen-bond donors (Lipinski definition) is 1. The van der Waals surface area contributed by atoms with Crippen molar-refractivity contribution in [3.05, 3.63) is 86.9 Å². The zero-order valence-electron chi connectivity index (χ0n) is 18.7. The van der Waals surface area contributed by atoms with Gasteiger partial charge in [-0.05, 0) is 42.5 Å². The first kappa shape index (κ1) is 22.3. The summed E-state index contributed by atoms with van der Waals surface area (Å²) in [5.41, 5.74) is 2.51. The van der Waals surface area contributed by atoms with Crippen LogP contribution in [-0.4, -0.2) is 48.9 Å². The molecule has 0 unspecified atom stereocenters. The summed E-state index contributed by atoms with van der Waals surface area (Å²) in [6.07, 6.45) is 2.75. The van der Waals surface area contributed by atoms with Gasteiger partial charge in [0.2, 0.25) is 5.91 Å². The third kappa shape index (κ3) is 4.87. The van der Waals surface area contributed by atoms with Crippen LogP contribution in [0.4, 0.5) is 0 Å². The molecule has 0 atom stereocenters.